The monoisotopic (exact) mass is 349 g/mol. The summed E-state index contributed by atoms with van der Waals surface area (Å²) in [4.78, 5) is 23.6. The molecule has 0 saturated heterocycles. The number of fused-ring (bicyclic) bond motifs is 1. The van der Waals surface area contributed by atoms with E-state index >= 15 is 0 Å². The maximum absolute atomic E-state index is 12.6. The number of para-hydroxylation sites is 1. The van der Waals surface area contributed by atoms with E-state index in [1.807, 2.05) is 12.1 Å². The van der Waals surface area contributed by atoms with E-state index in [1.54, 1.807) is 26.0 Å². The van der Waals surface area contributed by atoms with Gasteiger partial charge in [-0.3, -0.25) is 4.79 Å². The quantitative estimate of drug-likeness (QED) is 0.780. The number of nitrogens with one attached hydrogen (secondary N) is 1. The molecule has 3 aromatic rings. The van der Waals surface area contributed by atoms with Crippen molar-refractivity contribution in [1.29, 1.82) is 0 Å². The first-order chi connectivity index (χ1) is 12.5. The molecule has 1 unspecified atom stereocenters. The zero-order valence-electron chi connectivity index (χ0n) is 14.9. The topological polar surface area (TPSA) is 84.2 Å². The normalized spacial score (nSPS) is 15.8. The van der Waals surface area contributed by atoms with Gasteiger partial charge in [-0.1, -0.05) is 23.4 Å². The minimum Gasteiger partial charge on any atom is -0.360 e. The van der Waals surface area contributed by atoms with Crippen molar-refractivity contribution in [2.24, 2.45) is 0 Å². The number of carbonyl (C=O) groups excluding carboxylic acids is 1. The molecule has 1 aliphatic heterocycles. The highest BCUT2D eigenvalue weighted by molar-refractivity contribution is 6.02. The predicted molar refractivity (Wildman–Crippen MR) is 97.7 cm³/mol. The Morgan fingerprint density at radius 1 is 1.23 bits per heavy atom. The molecule has 1 aromatic carbocycles. The van der Waals surface area contributed by atoms with E-state index in [0.717, 1.165) is 17.9 Å². The Kier molecular flexibility index (Phi) is 3.91. The molecular weight excluding hydrogens is 330 g/mol. The molecule has 1 aliphatic rings. The van der Waals surface area contributed by atoms with Crippen molar-refractivity contribution in [3.63, 3.8) is 0 Å². The number of nitrogens with zero attached hydrogens (tertiary/aromatic N) is 4. The predicted octanol–water partition coefficient (Wildman–Crippen LogP) is 3.42. The van der Waals surface area contributed by atoms with E-state index in [0.29, 0.717) is 23.1 Å². The van der Waals surface area contributed by atoms with Crippen LogP contribution in [-0.4, -0.2) is 27.1 Å². The van der Waals surface area contributed by atoms with Gasteiger partial charge in [-0.2, -0.15) is 0 Å². The molecule has 2 aromatic heterocycles. The highest BCUT2D eigenvalue weighted by Crippen LogP contribution is 2.37. The SMILES string of the molecule is Cc1nc(C(=O)Nc2cc(C)on2)cc(N2c3ccccc3CC2C)n1. The summed E-state index contributed by atoms with van der Waals surface area (Å²) in [5.41, 5.74) is 2.70. The Morgan fingerprint density at radius 3 is 2.81 bits per heavy atom. The number of rotatable bonds is 3. The molecule has 0 radical (unpaired) electrons. The van der Waals surface area contributed by atoms with Gasteiger partial charge in [-0.25, -0.2) is 9.97 Å². The number of hydrogen-bond donors (Lipinski definition) is 1. The van der Waals surface area contributed by atoms with Crippen LogP contribution in [0.3, 0.4) is 0 Å². The Balaban J connectivity index is 1.67. The Morgan fingerprint density at radius 2 is 2.04 bits per heavy atom. The summed E-state index contributed by atoms with van der Waals surface area (Å²) in [7, 11) is 0. The number of aromatic nitrogens is 3. The zero-order valence-corrected chi connectivity index (χ0v) is 14.9. The van der Waals surface area contributed by atoms with Crippen LogP contribution < -0.4 is 10.2 Å². The van der Waals surface area contributed by atoms with Gasteiger partial charge in [0.15, 0.2) is 5.82 Å². The van der Waals surface area contributed by atoms with Gasteiger partial charge in [-0.05, 0) is 38.8 Å². The number of hydrogen-bond acceptors (Lipinski definition) is 6. The van der Waals surface area contributed by atoms with Crippen LogP contribution in [-0.2, 0) is 6.42 Å². The summed E-state index contributed by atoms with van der Waals surface area (Å²) in [6, 6.07) is 11.9. The summed E-state index contributed by atoms with van der Waals surface area (Å²) in [5, 5.41) is 6.49. The highest BCUT2D eigenvalue weighted by Gasteiger charge is 2.28. The van der Waals surface area contributed by atoms with Gasteiger partial charge in [0.2, 0.25) is 0 Å². The van der Waals surface area contributed by atoms with Crippen LogP contribution in [0.1, 0.15) is 34.6 Å². The lowest BCUT2D eigenvalue weighted by Gasteiger charge is -2.24. The van der Waals surface area contributed by atoms with Crippen LogP contribution in [0.2, 0.25) is 0 Å². The summed E-state index contributed by atoms with van der Waals surface area (Å²) >= 11 is 0. The van der Waals surface area contributed by atoms with Crippen molar-refractivity contribution in [2.45, 2.75) is 33.2 Å². The van der Waals surface area contributed by atoms with E-state index < -0.39 is 0 Å². The molecule has 3 heterocycles. The van der Waals surface area contributed by atoms with E-state index in [-0.39, 0.29) is 11.9 Å². The van der Waals surface area contributed by atoms with Crippen LogP contribution >= 0.6 is 0 Å². The van der Waals surface area contributed by atoms with Crippen LogP contribution in [0.5, 0.6) is 0 Å². The first kappa shape index (κ1) is 16.3. The van der Waals surface area contributed by atoms with Crippen LogP contribution in [0, 0.1) is 13.8 Å². The van der Waals surface area contributed by atoms with Crippen molar-refractivity contribution in [1.82, 2.24) is 15.1 Å². The van der Waals surface area contributed by atoms with Gasteiger partial charge in [0.1, 0.15) is 23.1 Å². The number of aryl methyl sites for hydroxylation is 2. The average molecular weight is 349 g/mol. The molecule has 132 valence electrons. The van der Waals surface area contributed by atoms with Crippen LogP contribution in [0.15, 0.2) is 40.9 Å². The highest BCUT2D eigenvalue weighted by atomic mass is 16.5. The van der Waals surface area contributed by atoms with Gasteiger partial charge >= 0.3 is 0 Å². The summed E-state index contributed by atoms with van der Waals surface area (Å²) in [5.74, 6) is 1.91. The molecule has 1 amide bonds. The lowest BCUT2D eigenvalue weighted by Crippen LogP contribution is -2.26. The van der Waals surface area contributed by atoms with Crippen molar-refractivity contribution in [3.8, 4) is 0 Å². The fourth-order valence-corrected chi connectivity index (χ4v) is 3.31. The van der Waals surface area contributed by atoms with Crippen molar-refractivity contribution in [3.05, 3.63) is 59.2 Å². The van der Waals surface area contributed by atoms with E-state index in [9.17, 15) is 4.79 Å². The molecular formula is C19H19N5O2. The largest absolute Gasteiger partial charge is 0.360 e. The van der Waals surface area contributed by atoms with Gasteiger partial charge in [0, 0.05) is 23.9 Å². The van der Waals surface area contributed by atoms with Crippen LogP contribution in [0.4, 0.5) is 17.3 Å². The molecule has 4 rings (SSSR count). The standard InChI is InChI=1S/C19H19N5O2/c1-11-8-14-6-4-5-7-16(14)24(11)18-10-15(20-13(3)21-18)19(25)22-17-9-12(2)26-23-17/h4-7,9-11H,8H2,1-3H3,(H,22,23,25). The Labute approximate surface area is 151 Å². The third-order valence-electron chi connectivity index (χ3n) is 4.38. The van der Waals surface area contributed by atoms with Gasteiger partial charge in [0.25, 0.3) is 5.91 Å². The molecule has 0 aliphatic carbocycles. The van der Waals surface area contributed by atoms with Crippen molar-refractivity contribution in [2.75, 3.05) is 10.2 Å². The minimum atomic E-state index is -0.342. The Hall–Kier alpha value is -3.22. The lowest BCUT2D eigenvalue weighted by atomic mass is 10.1. The molecule has 7 heteroatoms. The molecule has 1 atom stereocenters. The van der Waals surface area contributed by atoms with Gasteiger partial charge < -0.3 is 14.7 Å². The first-order valence-electron chi connectivity index (χ1n) is 8.49. The summed E-state index contributed by atoms with van der Waals surface area (Å²) < 4.78 is 4.98. The molecule has 0 bridgehead atoms. The van der Waals surface area contributed by atoms with E-state index in [4.69, 9.17) is 4.52 Å². The lowest BCUT2D eigenvalue weighted by molar-refractivity contribution is 0.102. The number of benzene rings is 1. The number of anilines is 3. The van der Waals surface area contributed by atoms with Gasteiger partial charge in [0.05, 0.1) is 0 Å². The minimum absolute atomic E-state index is 0.260. The number of amides is 1. The van der Waals surface area contributed by atoms with E-state index in [2.05, 4.69) is 44.4 Å². The molecule has 0 saturated carbocycles. The van der Waals surface area contributed by atoms with E-state index in [1.165, 1.54) is 5.56 Å². The maximum Gasteiger partial charge on any atom is 0.275 e. The second kappa shape index (κ2) is 6.25. The third kappa shape index (κ3) is 2.92. The van der Waals surface area contributed by atoms with Crippen molar-refractivity contribution >= 4 is 23.2 Å². The fraction of sp³-hybridized carbons (Fsp3) is 0.263. The molecule has 26 heavy (non-hydrogen) atoms. The van der Waals surface area contributed by atoms with Crippen LogP contribution in [0.25, 0.3) is 0 Å². The first-order valence-corrected chi connectivity index (χ1v) is 8.49. The average Bonchev–Trinajstić information content (AvgIpc) is 3.16. The molecule has 1 N–H and O–H groups in total. The number of carbonyl (C=O) groups is 1. The molecule has 0 fully saturated rings. The zero-order chi connectivity index (χ0) is 18.3. The van der Waals surface area contributed by atoms with Crippen molar-refractivity contribution < 1.29 is 9.32 Å². The molecule has 0 spiro atoms. The summed E-state index contributed by atoms with van der Waals surface area (Å²) in [6.45, 7) is 5.70. The second-order valence-electron chi connectivity index (χ2n) is 6.49. The van der Waals surface area contributed by atoms with Gasteiger partial charge in [-0.15, -0.1) is 0 Å². The second-order valence-corrected chi connectivity index (χ2v) is 6.49. The maximum atomic E-state index is 12.6. The smallest absolute Gasteiger partial charge is 0.275 e. The Bertz CT molecular complexity index is 982. The summed E-state index contributed by atoms with van der Waals surface area (Å²) in [6.07, 6.45) is 0.943. The molecule has 7 nitrogen and oxygen atoms in total. The third-order valence-corrected chi connectivity index (χ3v) is 4.38. The fourth-order valence-electron chi connectivity index (χ4n) is 3.31.